The van der Waals surface area contributed by atoms with Gasteiger partial charge in [-0.05, 0) is 23.8 Å². The van der Waals surface area contributed by atoms with Crippen LogP contribution in [-0.2, 0) is 13.2 Å². The Kier molecular flexibility index (Phi) is 6.68. The Bertz CT molecular complexity index is 944. The van der Waals surface area contributed by atoms with Gasteiger partial charge in [-0.15, -0.1) is 11.3 Å². The molecule has 0 saturated carbocycles. The van der Waals surface area contributed by atoms with Crippen molar-refractivity contribution in [2.45, 2.75) is 19.2 Å². The number of carbonyl (C=O) groups excluding carboxylic acids is 1. The zero-order valence-corrected chi connectivity index (χ0v) is 16.7. The van der Waals surface area contributed by atoms with Gasteiger partial charge in [0.15, 0.2) is 17.4 Å². The molecule has 1 unspecified atom stereocenters. The van der Waals surface area contributed by atoms with E-state index in [0.717, 1.165) is 5.56 Å². The number of nitrogens with zero attached hydrogens (tertiary/aromatic N) is 1. The fourth-order valence-corrected chi connectivity index (χ4v) is 3.96. The Balaban J connectivity index is 1.88. The number of hydrogen-bond donors (Lipinski definition) is 2. The fourth-order valence-electron chi connectivity index (χ4n) is 2.65. The molecule has 0 saturated heterocycles. The average Bonchev–Trinajstić information content (AvgIpc) is 3.14. The van der Waals surface area contributed by atoms with Crippen molar-refractivity contribution >= 4 is 45.9 Å². The van der Waals surface area contributed by atoms with Gasteiger partial charge >= 0.3 is 0 Å². The number of pyridine rings is 1. The van der Waals surface area contributed by atoms with Crippen molar-refractivity contribution in [3.05, 3.63) is 87.3 Å². The summed E-state index contributed by atoms with van der Waals surface area (Å²) in [6, 6.07) is 16.1. The summed E-state index contributed by atoms with van der Waals surface area (Å²) in [7, 11) is 0. The molecule has 4 nitrogen and oxygen atoms in total. The number of aromatic nitrogens is 1. The van der Waals surface area contributed by atoms with Gasteiger partial charge < -0.3 is 10.4 Å². The van der Waals surface area contributed by atoms with Crippen LogP contribution in [0.5, 0.6) is 0 Å². The third kappa shape index (κ3) is 4.99. The number of carbonyl (C=O) groups is 1. The Morgan fingerprint density at radius 2 is 1.89 bits per heavy atom. The van der Waals surface area contributed by atoms with E-state index in [4.69, 9.17) is 23.8 Å². The van der Waals surface area contributed by atoms with E-state index in [2.05, 4.69) is 5.32 Å². The zero-order valence-electron chi connectivity index (χ0n) is 14.3. The number of aliphatic hydroxyl groups excluding tert-OH is 1. The maximum Gasteiger partial charge on any atom is 0.271 e. The number of rotatable bonds is 7. The molecule has 1 aromatic carbocycles. The van der Waals surface area contributed by atoms with E-state index in [-0.39, 0.29) is 12.4 Å². The number of ketones is 1. The maximum absolute atomic E-state index is 13.2. The van der Waals surface area contributed by atoms with Crippen LogP contribution in [0.3, 0.4) is 0 Å². The molecular formula is C20H18ClN2O2S2+. The fraction of sp³-hybridized carbons (Fsp3) is 0.150. The first-order valence-corrected chi connectivity index (χ1v) is 9.90. The molecule has 0 spiro atoms. The second-order valence-corrected chi connectivity index (χ2v) is 8.05. The number of thiocarbonyl (C=S) groups is 1. The molecular weight excluding hydrogens is 400 g/mol. The first-order chi connectivity index (χ1) is 13.1. The Morgan fingerprint density at radius 3 is 2.56 bits per heavy atom. The van der Waals surface area contributed by atoms with Crippen LogP contribution in [-0.4, -0.2) is 15.9 Å². The highest BCUT2D eigenvalue weighted by Gasteiger charge is 2.34. The second-order valence-electron chi connectivity index (χ2n) is 5.89. The molecule has 138 valence electrons. The molecule has 2 heterocycles. The summed E-state index contributed by atoms with van der Waals surface area (Å²) in [4.78, 5) is 14.1. The van der Waals surface area contributed by atoms with Crippen molar-refractivity contribution in [2.24, 2.45) is 0 Å². The highest BCUT2D eigenvalue weighted by molar-refractivity contribution is 7.80. The van der Waals surface area contributed by atoms with E-state index >= 15 is 0 Å². The summed E-state index contributed by atoms with van der Waals surface area (Å²) in [6.45, 7) is 0.408. The standard InChI is InChI=1S/C20H17ClN2O2S2/c21-17-9-8-16(27-17)19(25)18(23-10-4-7-15(12-23)13-24)20(26)22-11-14-5-2-1-3-6-14/h1-10,12,18,24H,11,13H2/p+1. The van der Waals surface area contributed by atoms with Crippen molar-refractivity contribution in [1.29, 1.82) is 0 Å². The molecule has 3 rings (SSSR count). The van der Waals surface area contributed by atoms with Crippen molar-refractivity contribution in [3.8, 4) is 0 Å². The van der Waals surface area contributed by atoms with Gasteiger partial charge in [0.05, 0.1) is 15.8 Å². The molecule has 7 heteroatoms. The molecule has 0 aliphatic carbocycles. The van der Waals surface area contributed by atoms with Gasteiger partial charge in [0.1, 0.15) is 0 Å². The molecule has 0 aliphatic heterocycles. The van der Waals surface area contributed by atoms with Crippen molar-refractivity contribution in [1.82, 2.24) is 5.32 Å². The van der Waals surface area contributed by atoms with Gasteiger partial charge in [-0.25, -0.2) is 0 Å². The number of benzene rings is 1. The highest BCUT2D eigenvalue weighted by atomic mass is 35.5. The van der Waals surface area contributed by atoms with E-state index in [1.54, 1.807) is 41.2 Å². The normalized spacial score (nSPS) is 11.8. The number of halogens is 1. The van der Waals surface area contributed by atoms with E-state index in [1.165, 1.54) is 11.3 Å². The van der Waals surface area contributed by atoms with E-state index in [0.29, 0.717) is 26.3 Å². The molecule has 0 bridgehead atoms. The number of hydrogen-bond acceptors (Lipinski definition) is 4. The highest BCUT2D eigenvalue weighted by Crippen LogP contribution is 2.24. The molecule has 0 aliphatic rings. The first kappa shape index (κ1) is 19.6. The predicted octanol–water partition coefficient (Wildman–Crippen LogP) is 3.72. The monoisotopic (exact) mass is 417 g/mol. The van der Waals surface area contributed by atoms with Gasteiger partial charge in [0, 0.05) is 18.2 Å². The second kappa shape index (κ2) is 9.19. The first-order valence-electron chi connectivity index (χ1n) is 8.30. The van der Waals surface area contributed by atoms with E-state index < -0.39 is 6.04 Å². The van der Waals surface area contributed by atoms with Gasteiger partial charge in [0.25, 0.3) is 6.04 Å². The molecule has 1 atom stereocenters. The smallest absolute Gasteiger partial charge is 0.271 e. The average molecular weight is 418 g/mol. The van der Waals surface area contributed by atoms with Crippen LogP contribution in [0.2, 0.25) is 4.34 Å². The lowest BCUT2D eigenvalue weighted by Crippen LogP contribution is -2.51. The van der Waals surface area contributed by atoms with Gasteiger partial charge in [-0.1, -0.05) is 54.2 Å². The van der Waals surface area contributed by atoms with E-state index in [9.17, 15) is 9.90 Å². The summed E-state index contributed by atoms with van der Waals surface area (Å²) >= 11 is 12.8. The lowest BCUT2D eigenvalue weighted by molar-refractivity contribution is -0.692. The topological polar surface area (TPSA) is 53.2 Å². The molecule has 27 heavy (non-hydrogen) atoms. The van der Waals surface area contributed by atoms with Gasteiger partial charge in [-0.2, -0.15) is 4.57 Å². The molecule has 3 aromatic rings. The number of Topliss-reactive ketones (excluding diaryl/α,β-unsaturated/α-hetero) is 1. The van der Waals surface area contributed by atoms with Crippen LogP contribution in [0.4, 0.5) is 0 Å². The molecule has 0 amide bonds. The Labute approximate surface area is 172 Å². The van der Waals surface area contributed by atoms with Crippen LogP contribution in [0.15, 0.2) is 67.0 Å². The molecule has 0 fully saturated rings. The minimum Gasteiger partial charge on any atom is -0.391 e. The molecule has 2 N–H and O–H groups in total. The SMILES string of the molecule is O=C(c1ccc(Cl)s1)C(C(=S)NCc1ccccc1)[n+]1cccc(CO)c1. The third-order valence-corrected chi connectivity index (χ3v) is 5.60. The number of nitrogens with one attached hydrogen (secondary N) is 1. The minimum atomic E-state index is -0.718. The van der Waals surface area contributed by atoms with Crippen molar-refractivity contribution in [3.63, 3.8) is 0 Å². The van der Waals surface area contributed by atoms with Crippen molar-refractivity contribution < 1.29 is 14.5 Å². The third-order valence-electron chi connectivity index (χ3n) is 3.99. The summed E-state index contributed by atoms with van der Waals surface area (Å²) < 4.78 is 2.27. The maximum atomic E-state index is 13.2. The van der Waals surface area contributed by atoms with Gasteiger partial charge in [0.2, 0.25) is 5.78 Å². The van der Waals surface area contributed by atoms with Gasteiger partial charge in [-0.3, -0.25) is 4.79 Å². The van der Waals surface area contributed by atoms with Crippen LogP contribution in [0.25, 0.3) is 0 Å². The number of thiophene rings is 1. The summed E-state index contributed by atoms with van der Waals surface area (Å²) in [6.07, 6.45) is 3.50. The van der Waals surface area contributed by atoms with Crippen LogP contribution in [0.1, 0.15) is 26.8 Å². The van der Waals surface area contributed by atoms with E-state index in [1.807, 2.05) is 30.3 Å². The predicted molar refractivity (Wildman–Crippen MR) is 111 cm³/mol. The quantitative estimate of drug-likeness (QED) is 0.349. The van der Waals surface area contributed by atoms with Crippen LogP contribution in [0, 0.1) is 0 Å². The summed E-state index contributed by atoms with van der Waals surface area (Å²) in [5.74, 6) is -0.141. The lowest BCUT2D eigenvalue weighted by atomic mass is 10.1. The minimum absolute atomic E-state index is 0.114. The lowest BCUT2D eigenvalue weighted by Gasteiger charge is -2.14. The zero-order chi connectivity index (χ0) is 19.2. The Hall–Kier alpha value is -2.12. The molecule has 0 radical (unpaired) electrons. The Morgan fingerprint density at radius 1 is 1.15 bits per heavy atom. The molecule has 2 aromatic heterocycles. The largest absolute Gasteiger partial charge is 0.391 e. The van der Waals surface area contributed by atoms with Crippen LogP contribution < -0.4 is 9.88 Å². The number of aliphatic hydroxyl groups is 1. The summed E-state index contributed by atoms with van der Waals surface area (Å²) in [5, 5.41) is 12.6. The summed E-state index contributed by atoms with van der Waals surface area (Å²) in [5.41, 5.74) is 1.77. The van der Waals surface area contributed by atoms with Crippen LogP contribution >= 0.6 is 35.2 Å². The van der Waals surface area contributed by atoms with Crippen molar-refractivity contribution in [2.75, 3.05) is 0 Å².